The first-order valence-electron chi connectivity index (χ1n) is 19.7. The van der Waals surface area contributed by atoms with E-state index < -0.39 is 11.9 Å². The first kappa shape index (κ1) is 53.0. The third-order valence-electron chi connectivity index (χ3n) is 8.29. The number of rotatable bonds is 16. The van der Waals surface area contributed by atoms with Crippen molar-refractivity contribution in [2.24, 2.45) is 22.6 Å². The lowest BCUT2D eigenvalue weighted by Crippen LogP contribution is -2.45. The molecule has 1 aromatic carbocycles. The molecule has 3 rings (SSSR count). The van der Waals surface area contributed by atoms with Crippen LogP contribution in [0.5, 0.6) is 11.5 Å². The van der Waals surface area contributed by atoms with Gasteiger partial charge in [0.2, 0.25) is 0 Å². The topological polar surface area (TPSA) is 126 Å². The van der Waals surface area contributed by atoms with Crippen LogP contribution in [0.3, 0.4) is 0 Å². The number of amides is 1. The summed E-state index contributed by atoms with van der Waals surface area (Å²) in [5.74, 6) is 1.03. The number of hydrogen-bond donors (Lipinski definition) is 3. The molecule has 9 nitrogen and oxygen atoms in total. The molecule has 302 valence electrons. The number of nitrogens with one attached hydrogen (secondary N) is 1. The number of phenolic OH excluding ortho intramolecular Hbond substituents is 1. The fraction of sp³-hybridized carbons (Fsp3) is 0.690. The van der Waals surface area contributed by atoms with Crippen LogP contribution in [0.4, 0.5) is 9.18 Å². The molecule has 10 heteroatoms. The van der Waals surface area contributed by atoms with Crippen molar-refractivity contribution in [1.82, 2.24) is 10.2 Å². The van der Waals surface area contributed by atoms with Gasteiger partial charge in [0.15, 0.2) is 17.3 Å². The summed E-state index contributed by atoms with van der Waals surface area (Å²) in [6.07, 6.45) is 16.7. The molecule has 0 radical (unpaired) electrons. The quantitative estimate of drug-likeness (QED) is 0.114. The van der Waals surface area contributed by atoms with Gasteiger partial charge in [-0.25, -0.2) is 9.18 Å². The first-order valence-corrected chi connectivity index (χ1v) is 19.7. The number of aromatic hydroxyl groups is 1. The zero-order valence-electron chi connectivity index (χ0n) is 34.6. The molecule has 4 atom stereocenters. The number of ketones is 1. The molecule has 3 unspecified atom stereocenters. The SMILES string of the molecule is C=CCC.C=CCC1C(C(C)=O)N=CN1C1CCCCC1.CC.CC.CCC(C)CCNC[C@H](C)CCOc1ccc(O)cc1F.CCOC(N)=O. The number of carbonyl (C=O) groups excluding carboxylic acids is 2. The van der Waals surface area contributed by atoms with Crippen LogP contribution in [0.1, 0.15) is 133 Å². The second-order valence-electron chi connectivity index (χ2n) is 12.5. The number of nitrogens with zero attached hydrogens (tertiary/aromatic N) is 2. The van der Waals surface area contributed by atoms with Gasteiger partial charge in [0.1, 0.15) is 11.8 Å². The zero-order valence-corrected chi connectivity index (χ0v) is 34.6. The van der Waals surface area contributed by atoms with E-state index in [4.69, 9.17) is 9.84 Å². The zero-order chi connectivity index (χ0) is 40.3. The number of allylic oxidation sites excluding steroid dienone is 1. The van der Waals surface area contributed by atoms with Crippen molar-refractivity contribution in [3.05, 3.63) is 49.3 Å². The summed E-state index contributed by atoms with van der Waals surface area (Å²) in [5.41, 5.74) is 4.54. The number of benzene rings is 1. The number of nitrogens with two attached hydrogens (primary N) is 1. The maximum atomic E-state index is 13.4. The van der Waals surface area contributed by atoms with Crippen LogP contribution in [0.15, 0.2) is 48.5 Å². The standard InChI is InChI=1S/C17H28FNO2.C14H22N2O.C4H8.C3H7NO2.2C2H6/c1-4-13(2)7-9-19-12-14(3)8-10-21-17-6-5-15(20)11-16(17)18;1-3-7-13-14(11(2)17)15-10-16(13)12-8-5-4-6-9-12;1-3-4-2;1-2-6-3(4)5;2*1-2/h5-6,11,13-14,19-20H,4,7-10,12H2,1-3H3;3,10,12-14H,1,4-9H2,2H3;3H,1,4H2,2H3;2H2,1H3,(H2,4,5);2*1-2H3/t13?,14-;;;;;/m1...../s1. The van der Waals surface area contributed by atoms with Gasteiger partial charge in [0, 0.05) is 12.1 Å². The highest BCUT2D eigenvalue weighted by Crippen LogP contribution is 2.29. The van der Waals surface area contributed by atoms with Crippen molar-refractivity contribution in [3.63, 3.8) is 0 Å². The average molecular weight is 737 g/mol. The van der Waals surface area contributed by atoms with Gasteiger partial charge < -0.3 is 30.5 Å². The minimum absolute atomic E-state index is 0.0845. The molecule has 1 aliphatic carbocycles. The molecule has 52 heavy (non-hydrogen) atoms. The van der Waals surface area contributed by atoms with Gasteiger partial charge in [0.05, 0.1) is 25.6 Å². The Morgan fingerprint density at radius 1 is 1.06 bits per heavy atom. The third kappa shape index (κ3) is 26.4. The van der Waals surface area contributed by atoms with Crippen LogP contribution in [0, 0.1) is 17.7 Å². The molecule has 0 spiro atoms. The lowest BCUT2D eigenvalue weighted by atomic mass is 9.92. The van der Waals surface area contributed by atoms with Crippen LogP contribution in [-0.2, 0) is 9.53 Å². The average Bonchev–Trinajstić information content (AvgIpc) is 3.58. The molecule has 2 aliphatic rings. The summed E-state index contributed by atoms with van der Waals surface area (Å²) in [6.45, 7) is 30.2. The molecule has 0 bridgehead atoms. The summed E-state index contributed by atoms with van der Waals surface area (Å²) in [7, 11) is 0. The number of hydrogen-bond acceptors (Lipinski definition) is 8. The Labute approximate surface area is 317 Å². The van der Waals surface area contributed by atoms with Crippen molar-refractivity contribution in [1.29, 1.82) is 0 Å². The first-order chi connectivity index (χ1) is 24.9. The molecule has 1 aromatic rings. The van der Waals surface area contributed by atoms with E-state index in [1.807, 2.05) is 46.2 Å². The van der Waals surface area contributed by atoms with E-state index in [9.17, 15) is 14.0 Å². The smallest absolute Gasteiger partial charge is 0.404 e. The number of phenols is 1. The van der Waals surface area contributed by atoms with Crippen molar-refractivity contribution >= 4 is 18.2 Å². The Kier molecular flexibility index (Phi) is 36.6. The largest absolute Gasteiger partial charge is 0.508 e. The number of halogens is 1. The lowest BCUT2D eigenvalue weighted by molar-refractivity contribution is -0.119. The van der Waals surface area contributed by atoms with Crippen molar-refractivity contribution in [2.45, 2.75) is 152 Å². The summed E-state index contributed by atoms with van der Waals surface area (Å²) in [5, 5.41) is 12.6. The molecule has 1 fully saturated rings. The van der Waals surface area contributed by atoms with E-state index in [1.54, 1.807) is 13.8 Å². The molecule has 0 aromatic heterocycles. The van der Waals surface area contributed by atoms with Crippen LogP contribution in [-0.4, -0.2) is 72.7 Å². The molecule has 1 heterocycles. The van der Waals surface area contributed by atoms with E-state index in [0.717, 1.165) is 44.3 Å². The van der Waals surface area contributed by atoms with Gasteiger partial charge in [-0.05, 0) is 89.4 Å². The highest BCUT2D eigenvalue weighted by atomic mass is 19.1. The van der Waals surface area contributed by atoms with Crippen LogP contribution < -0.4 is 15.8 Å². The van der Waals surface area contributed by atoms with Crippen LogP contribution >= 0.6 is 0 Å². The van der Waals surface area contributed by atoms with Gasteiger partial charge in [0.25, 0.3) is 0 Å². The predicted octanol–water partition coefficient (Wildman–Crippen LogP) is 10.3. The van der Waals surface area contributed by atoms with E-state index in [-0.39, 0.29) is 29.4 Å². The highest BCUT2D eigenvalue weighted by molar-refractivity contribution is 5.86. The number of ether oxygens (including phenoxy) is 2. The fourth-order valence-electron chi connectivity index (χ4n) is 5.16. The highest BCUT2D eigenvalue weighted by Gasteiger charge is 2.36. The maximum absolute atomic E-state index is 13.4. The predicted molar refractivity (Wildman–Crippen MR) is 219 cm³/mol. The number of carbonyl (C=O) groups is 2. The van der Waals surface area contributed by atoms with E-state index in [2.05, 4.69) is 66.5 Å². The molecule has 4 N–H and O–H groups in total. The third-order valence-corrected chi connectivity index (χ3v) is 8.29. The van der Waals surface area contributed by atoms with Gasteiger partial charge in [-0.15, -0.1) is 13.2 Å². The van der Waals surface area contributed by atoms with Crippen molar-refractivity contribution < 1.29 is 28.6 Å². The Hall–Kier alpha value is -3.40. The number of aliphatic imine (C=N–C) groups is 1. The van der Waals surface area contributed by atoms with E-state index in [1.165, 1.54) is 57.1 Å². The summed E-state index contributed by atoms with van der Waals surface area (Å²) in [4.78, 5) is 27.9. The molecule has 1 aliphatic heterocycles. The minimum atomic E-state index is -0.711. The van der Waals surface area contributed by atoms with E-state index >= 15 is 0 Å². The second-order valence-corrected chi connectivity index (χ2v) is 12.5. The van der Waals surface area contributed by atoms with Gasteiger partial charge in [-0.2, -0.15) is 0 Å². The molecule has 1 amide bonds. The van der Waals surface area contributed by atoms with Gasteiger partial charge in [-0.1, -0.05) is 93.2 Å². The normalized spacial score (nSPS) is 16.9. The van der Waals surface area contributed by atoms with E-state index in [0.29, 0.717) is 25.2 Å². The van der Waals surface area contributed by atoms with Crippen LogP contribution in [0.2, 0.25) is 0 Å². The Bertz CT molecular complexity index is 1060. The maximum Gasteiger partial charge on any atom is 0.404 e. The number of primary amides is 1. The summed E-state index contributed by atoms with van der Waals surface area (Å²) < 4.78 is 23.0. The minimum Gasteiger partial charge on any atom is -0.508 e. The molecular formula is C42H77FN4O5. The monoisotopic (exact) mass is 737 g/mol. The Balaban J connectivity index is -0.000000687. The van der Waals surface area contributed by atoms with Crippen molar-refractivity contribution in [3.8, 4) is 11.5 Å². The second kappa shape index (κ2) is 36.0. The lowest BCUT2D eigenvalue weighted by Gasteiger charge is -2.36. The van der Waals surface area contributed by atoms with Gasteiger partial charge >= 0.3 is 6.09 Å². The fourth-order valence-corrected chi connectivity index (χ4v) is 5.16. The van der Waals surface area contributed by atoms with Gasteiger partial charge in [-0.3, -0.25) is 9.79 Å². The van der Waals surface area contributed by atoms with Crippen molar-refractivity contribution in [2.75, 3.05) is 26.3 Å². The Morgan fingerprint density at radius 2 is 1.67 bits per heavy atom. The summed E-state index contributed by atoms with van der Waals surface area (Å²) in [6, 6.07) is 4.58. The van der Waals surface area contributed by atoms with Crippen LogP contribution in [0.25, 0.3) is 0 Å². The summed E-state index contributed by atoms with van der Waals surface area (Å²) >= 11 is 0. The molecular weight excluding hydrogens is 659 g/mol. The number of Topliss-reactive ketones (excluding diaryl/α,β-unsaturated/α-hetero) is 1. The Morgan fingerprint density at radius 3 is 2.13 bits per heavy atom. The molecule has 1 saturated carbocycles. The molecule has 0 saturated heterocycles.